The number of nitrogens with one attached hydrogen (secondary N) is 1. The number of carbonyl (C=O) groups is 2. The maximum absolute atomic E-state index is 13.1. The van der Waals surface area contributed by atoms with Crippen LogP contribution in [0.15, 0.2) is 54.6 Å². The minimum atomic E-state index is -0.467. The number of hydrogen-bond acceptors (Lipinski definition) is 4. The Morgan fingerprint density at radius 3 is 2.61 bits per heavy atom. The highest BCUT2D eigenvalue weighted by atomic mass is 32.1. The largest absolute Gasteiger partial charge is 0.342 e. The first kappa shape index (κ1) is 20.2. The van der Waals surface area contributed by atoms with Gasteiger partial charge in [0, 0.05) is 42.2 Å². The smallest absolute Gasteiger partial charge is 0.246 e. The van der Waals surface area contributed by atoms with Crippen molar-refractivity contribution in [3.05, 3.63) is 70.6 Å². The minimum Gasteiger partial charge on any atom is -0.342 e. The Morgan fingerprint density at radius 1 is 1.03 bits per heavy atom. The average molecular weight is 434 g/mol. The Kier molecular flexibility index (Phi) is 5.50. The van der Waals surface area contributed by atoms with Crippen molar-refractivity contribution in [3.8, 4) is 0 Å². The monoisotopic (exact) mass is 433 g/mol. The zero-order chi connectivity index (χ0) is 21.4. The summed E-state index contributed by atoms with van der Waals surface area (Å²) in [6.07, 6.45) is 1.55. The maximum atomic E-state index is 13.1. The van der Waals surface area contributed by atoms with E-state index >= 15 is 0 Å². The van der Waals surface area contributed by atoms with E-state index in [0.717, 1.165) is 25.1 Å². The van der Waals surface area contributed by atoms with Crippen LogP contribution in [0.4, 0.5) is 0 Å². The lowest BCUT2D eigenvalue weighted by Gasteiger charge is -2.45. The van der Waals surface area contributed by atoms with Crippen molar-refractivity contribution < 1.29 is 9.59 Å². The summed E-state index contributed by atoms with van der Waals surface area (Å²) in [4.78, 5) is 31.6. The molecule has 2 saturated heterocycles. The number of thiophene rings is 1. The minimum absolute atomic E-state index is 0.0314. The van der Waals surface area contributed by atoms with Crippen LogP contribution in [-0.2, 0) is 29.0 Å². The summed E-state index contributed by atoms with van der Waals surface area (Å²) >= 11 is 1.87. The Morgan fingerprint density at radius 2 is 1.81 bits per heavy atom. The number of rotatable bonds is 5. The molecule has 0 aliphatic carbocycles. The standard InChI is InChI=1S/C25H27N3O2S/c1-2-22-19(18-10-6-7-11-23(18)31-22)15-27-12-13-28-21(16-27)24(29)26-20(25(28)30)14-17-8-4-3-5-9-17/h3-11,20-21H,2,12-16H2,1H3,(H,26,29). The van der Waals surface area contributed by atoms with Gasteiger partial charge in [-0.2, -0.15) is 0 Å². The Balaban J connectivity index is 1.31. The highest BCUT2D eigenvalue weighted by molar-refractivity contribution is 7.19. The van der Waals surface area contributed by atoms with Crippen LogP contribution in [0.25, 0.3) is 10.1 Å². The van der Waals surface area contributed by atoms with Gasteiger partial charge in [-0.05, 0) is 29.0 Å². The molecule has 0 radical (unpaired) electrons. The fraction of sp³-hybridized carbons (Fsp3) is 0.360. The topological polar surface area (TPSA) is 52.6 Å². The molecule has 0 bridgehead atoms. The van der Waals surface area contributed by atoms with Gasteiger partial charge in [0.25, 0.3) is 0 Å². The molecule has 2 amide bonds. The average Bonchev–Trinajstić information content (AvgIpc) is 3.15. The fourth-order valence-corrected chi connectivity index (χ4v) is 5.98. The second kappa shape index (κ2) is 8.44. The van der Waals surface area contributed by atoms with Gasteiger partial charge in [-0.1, -0.05) is 55.5 Å². The quantitative estimate of drug-likeness (QED) is 0.672. The van der Waals surface area contributed by atoms with Crippen molar-refractivity contribution in [1.82, 2.24) is 15.1 Å². The van der Waals surface area contributed by atoms with Crippen molar-refractivity contribution in [1.29, 1.82) is 0 Å². The third kappa shape index (κ3) is 3.86. The van der Waals surface area contributed by atoms with E-state index in [9.17, 15) is 9.59 Å². The molecule has 31 heavy (non-hydrogen) atoms. The predicted molar refractivity (Wildman–Crippen MR) is 124 cm³/mol. The number of nitrogens with zero attached hydrogens (tertiary/aromatic N) is 2. The Bertz CT molecular complexity index is 1110. The molecule has 2 aromatic carbocycles. The van der Waals surface area contributed by atoms with Crippen LogP contribution in [0.5, 0.6) is 0 Å². The molecular formula is C25H27N3O2S. The summed E-state index contributed by atoms with van der Waals surface area (Å²) in [7, 11) is 0. The van der Waals surface area contributed by atoms with Gasteiger partial charge in [0.2, 0.25) is 11.8 Å². The molecule has 2 fully saturated rings. The van der Waals surface area contributed by atoms with E-state index in [0.29, 0.717) is 19.5 Å². The molecule has 3 aromatic rings. The van der Waals surface area contributed by atoms with Crippen LogP contribution in [0.2, 0.25) is 0 Å². The van der Waals surface area contributed by atoms with Gasteiger partial charge in [0.15, 0.2) is 0 Å². The first-order valence-electron chi connectivity index (χ1n) is 11.0. The number of hydrogen-bond donors (Lipinski definition) is 1. The predicted octanol–water partition coefficient (Wildman–Crippen LogP) is 3.22. The van der Waals surface area contributed by atoms with Crippen molar-refractivity contribution in [2.45, 2.75) is 38.4 Å². The third-order valence-corrected chi connectivity index (χ3v) is 7.79. The van der Waals surface area contributed by atoms with Crippen LogP contribution in [0.3, 0.4) is 0 Å². The van der Waals surface area contributed by atoms with Gasteiger partial charge >= 0.3 is 0 Å². The normalized spacial score (nSPS) is 21.9. The summed E-state index contributed by atoms with van der Waals surface area (Å²) < 4.78 is 1.32. The van der Waals surface area contributed by atoms with Gasteiger partial charge in [-0.15, -0.1) is 11.3 Å². The molecule has 5 nitrogen and oxygen atoms in total. The lowest BCUT2D eigenvalue weighted by molar-refractivity contribution is -0.153. The van der Waals surface area contributed by atoms with Gasteiger partial charge in [-0.25, -0.2) is 0 Å². The van der Waals surface area contributed by atoms with Gasteiger partial charge in [-0.3, -0.25) is 14.5 Å². The van der Waals surface area contributed by atoms with Gasteiger partial charge in [0.05, 0.1) is 0 Å². The van der Waals surface area contributed by atoms with Crippen LogP contribution < -0.4 is 5.32 Å². The van der Waals surface area contributed by atoms with E-state index in [4.69, 9.17) is 0 Å². The fourth-order valence-electron chi connectivity index (χ4n) is 4.82. The van der Waals surface area contributed by atoms with Crippen molar-refractivity contribution in [3.63, 3.8) is 0 Å². The van der Waals surface area contributed by atoms with Crippen LogP contribution in [0, 0.1) is 0 Å². The van der Waals surface area contributed by atoms with E-state index in [1.54, 1.807) is 4.90 Å². The Labute approximate surface area is 186 Å². The molecule has 0 saturated carbocycles. The first-order chi connectivity index (χ1) is 15.1. The van der Waals surface area contributed by atoms with E-state index in [2.05, 4.69) is 41.4 Å². The van der Waals surface area contributed by atoms with Gasteiger partial charge < -0.3 is 10.2 Å². The summed E-state index contributed by atoms with van der Waals surface area (Å²) in [6, 6.07) is 17.6. The van der Waals surface area contributed by atoms with E-state index in [1.165, 1.54) is 20.5 Å². The lowest BCUT2D eigenvalue weighted by atomic mass is 9.98. The number of benzene rings is 2. The third-order valence-electron chi connectivity index (χ3n) is 6.43. The number of aryl methyl sites for hydroxylation is 1. The molecule has 2 unspecified atom stereocenters. The number of fused-ring (bicyclic) bond motifs is 2. The van der Waals surface area contributed by atoms with Crippen molar-refractivity contribution in [2.75, 3.05) is 19.6 Å². The molecule has 1 aromatic heterocycles. The zero-order valence-corrected chi connectivity index (χ0v) is 18.5. The zero-order valence-electron chi connectivity index (χ0n) is 17.7. The molecule has 2 atom stereocenters. The van der Waals surface area contributed by atoms with Crippen molar-refractivity contribution >= 4 is 33.2 Å². The molecule has 6 heteroatoms. The summed E-state index contributed by atoms with van der Waals surface area (Å²) in [5, 5.41) is 4.31. The number of piperazine rings is 2. The molecule has 3 heterocycles. The van der Waals surface area contributed by atoms with E-state index in [1.807, 2.05) is 41.7 Å². The molecule has 0 spiro atoms. The second-order valence-electron chi connectivity index (χ2n) is 8.39. The SMILES string of the molecule is CCc1sc2ccccc2c1CN1CCN2C(=O)C(Cc3ccccc3)NC(=O)C2C1. The first-order valence-corrected chi connectivity index (χ1v) is 11.8. The molecular weight excluding hydrogens is 406 g/mol. The highest BCUT2D eigenvalue weighted by Gasteiger charge is 2.43. The maximum Gasteiger partial charge on any atom is 0.246 e. The molecule has 2 aliphatic rings. The van der Waals surface area contributed by atoms with Crippen LogP contribution >= 0.6 is 11.3 Å². The van der Waals surface area contributed by atoms with Crippen LogP contribution in [-0.4, -0.2) is 53.3 Å². The van der Waals surface area contributed by atoms with Gasteiger partial charge in [0.1, 0.15) is 12.1 Å². The second-order valence-corrected chi connectivity index (χ2v) is 9.52. The van der Waals surface area contributed by atoms with Crippen LogP contribution in [0.1, 0.15) is 22.9 Å². The molecule has 5 rings (SSSR count). The number of amides is 2. The highest BCUT2D eigenvalue weighted by Crippen LogP contribution is 2.33. The van der Waals surface area contributed by atoms with Crippen molar-refractivity contribution in [2.24, 2.45) is 0 Å². The Hall–Kier alpha value is -2.70. The summed E-state index contributed by atoms with van der Waals surface area (Å²) in [5.74, 6) is 0.0134. The number of carbonyl (C=O) groups excluding carboxylic acids is 2. The molecule has 160 valence electrons. The lowest BCUT2D eigenvalue weighted by Crippen LogP contribution is -2.69. The summed E-state index contributed by atoms with van der Waals surface area (Å²) in [5.41, 5.74) is 2.44. The summed E-state index contributed by atoms with van der Waals surface area (Å²) in [6.45, 7) is 5.01. The van der Waals surface area contributed by atoms with E-state index in [-0.39, 0.29) is 11.8 Å². The molecule has 2 aliphatic heterocycles. The van der Waals surface area contributed by atoms with E-state index < -0.39 is 12.1 Å². The molecule has 1 N–H and O–H groups in total.